The molecule has 0 bridgehead atoms. The Bertz CT molecular complexity index is 1260. The quantitative estimate of drug-likeness (QED) is 0.690. The molecule has 0 unspecified atom stereocenters. The highest BCUT2D eigenvalue weighted by Crippen LogP contribution is 2.22. The van der Waals surface area contributed by atoms with Gasteiger partial charge in [-0.25, -0.2) is 8.42 Å². The van der Waals surface area contributed by atoms with Crippen LogP contribution < -0.4 is 10.7 Å². The number of carbonyl (C=O) groups is 1. The van der Waals surface area contributed by atoms with Crippen LogP contribution in [0.1, 0.15) is 28.9 Å². The number of nitrogens with one attached hydrogen (secondary N) is 2. The van der Waals surface area contributed by atoms with Gasteiger partial charge in [-0.15, -0.1) is 0 Å². The van der Waals surface area contributed by atoms with Gasteiger partial charge in [0.05, 0.1) is 4.90 Å². The average Bonchev–Trinajstić information content (AvgIpc) is 3.24. The number of hydrogen-bond acceptors (Lipinski definition) is 4. The number of anilines is 1. The number of benzene rings is 2. The summed E-state index contributed by atoms with van der Waals surface area (Å²) in [6, 6.07) is 12.6. The van der Waals surface area contributed by atoms with Crippen molar-refractivity contribution in [2.75, 3.05) is 18.4 Å². The summed E-state index contributed by atoms with van der Waals surface area (Å²) in [4.78, 5) is 28.1. The molecule has 2 heterocycles. The number of nitrogens with zero attached hydrogens (tertiary/aromatic N) is 1. The largest absolute Gasteiger partial charge is 0.358 e. The van der Waals surface area contributed by atoms with E-state index in [2.05, 4.69) is 10.3 Å². The maximum atomic E-state index is 12.7. The second-order valence-corrected chi connectivity index (χ2v) is 9.11. The summed E-state index contributed by atoms with van der Waals surface area (Å²) in [7, 11) is -3.60. The molecule has 0 aliphatic carbocycles. The monoisotopic (exact) mass is 411 g/mol. The molecule has 2 aromatic carbocycles. The summed E-state index contributed by atoms with van der Waals surface area (Å²) in [5.41, 5.74) is 2.01. The third kappa shape index (κ3) is 3.81. The minimum absolute atomic E-state index is 0.109. The normalized spacial score (nSPS) is 14.9. The number of H-pyrrole nitrogens is 1. The third-order valence-corrected chi connectivity index (χ3v) is 6.92. The van der Waals surface area contributed by atoms with Gasteiger partial charge in [-0.05, 0) is 56.2 Å². The first kappa shape index (κ1) is 19.4. The summed E-state index contributed by atoms with van der Waals surface area (Å²) in [5.74, 6) is -0.439. The fourth-order valence-electron chi connectivity index (χ4n) is 3.54. The Kier molecular flexibility index (Phi) is 4.97. The maximum Gasteiger partial charge on any atom is 0.255 e. The number of hydrogen-bond donors (Lipinski definition) is 2. The number of amides is 1. The SMILES string of the molecule is Cc1cc(=O)c2cc(NC(=O)c3cccc(S(=O)(=O)N4CCCC4)c3)ccc2[nH]1. The van der Waals surface area contributed by atoms with Crippen molar-refractivity contribution in [2.24, 2.45) is 0 Å². The summed E-state index contributed by atoms with van der Waals surface area (Å²) >= 11 is 0. The first-order valence-electron chi connectivity index (χ1n) is 9.40. The van der Waals surface area contributed by atoms with E-state index in [1.54, 1.807) is 37.3 Å². The van der Waals surface area contributed by atoms with Gasteiger partial charge in [-0.1, -0.05) is 6.07 Å². The van der Waals surface area contributed by atoms with Crippen molar-refractivity contribution in [2.45, 2.75) is 24.7 Å². The minimum Gasteiger partial charge on any atom is -0.358 e. The topological polar surface area (TPSA) is 99.3 Å². The van der Waals surface area contributed by atoms with Crippen LogP contribution in [0.4, 0.5) is 5.69 Å². The van der Waals surface area contributed by atoms with Gasteiger partial charge >= 0.3 is 0 Å². The molecule has 1 aliphatic heterocycles. The molecule has 2 N–H and O–H groups in total. The second kappa shape index (κ2) is 7.46. The van der Waals surface area contributed by atoms with Crippen molar-refractivity contribution < 1.29 is 13.2 Å². The van der Waals surface area contributed by atoms with E-state index in [0.29, 0.717) is 29.7 Å². The lowest BCUT2D eigenvalue weighted by molar-refractivity contribution is 0.102. The molecule has 1 saturated heterocycles. The molecule has 0 atom stereocenters. The molecule has 0 radical (unpaired) electrons. The fraction of sp³-hybridized carbons (Fsp3) is 0.238. The zero-order valence-corrected chi connectivity index (χ0v) is 16.8. The van der Waals surface area contributed by atoms with E-state index in [0.717, 1.165) is 18.5 Å². The summed E-state index contributed by atoms with van der Waals surface area (Å²) in [5, 5.41) is 3.21. The maximum absolute atomic E-state index is 12.7. The van der Waals surface area contributed by atoms with Crippen molar-refractivity contribution in [3.8, 4) is 0 Å². The lowest BCUT2D eigenvalue weighted by atomic mass is 10.1. The molecule has 8 heteroatoms. The van der Waals surface area contributed by atoms with E-state index in [1.807, 2.05) is 0 Å². The average molecular weight is 411 g/mol. The van der Waals surface area contributed by atoms with Crippen LogP contribution in [0.15, 0.2) is 58.2 Å². The van der Waals surface area contributed by atoms with Crippen LogP contribution in [0.25, 0.3) is 10.9 Å². The number of aromatic nitrogens is 1. The number of rotatable bonds is 4. The van der Waals surface area contributed by atoms with Crippen molar-refractivity contribution in [1.29, 1.82) is 0 Å². The standard InChI is InChI=1S/C21H21N3O4S/c1-14-11-20(25)18-13-16(7-8-19(18)22-14)23-21(26)15-5-4-6-17(12-15)29(27,28)24-9-2-3-10-24/h4-8,11-13H,2-3,9-10H2,1H3,(H,22,25)(H,23,26). The van der Waals surface area contributed by atoms with Gasteiger partial charge in [-0.2, -0.15) is 4.31 Å². The van der Waals surface area contributed by atoms with Gasteiger partial charge in [-0.3, -0.25) is 9.59 Å². The first-order chi connectivity index (χ1) is 13.8. The molecule has 7 nitrogen and oxygen atoms in total. The molecule has 150 valence electrons. The van der Waals surface area contributed by atoms with Gasteiger partial charge in [0.2, 0.25) is 10.0 Å². The Morgan fingerprint density at radius 3 is 2.59 bits per heavy atom. The molecule has 1 fully saturated rings. The number of sulfonamides is 1. The van der Waals surface area contributed by atoms with E-state index in [1.165, 1.54) is 22.5 Å². The molecule has 29 heavy (non-hydrogen) atoms. The highest BCUT2D eigenvalue weighted by atomic mass is 32.2. The fourth-order valence-corrected chi connectivity index (χ4v) is 5.10. The van der Waals surface area contributed by atoms with E-state index in [9.17, 15) is 18.0 Å². The Balaban J connectivity index is 1.61. The van der Waals surface area contributed by atoms with Crippen molar-refractivity contribution in [3.63, 3.8) is 0 Å². The van der Waals surface area contributed by atoms with Crippen LogP contribution >= 0.6 is 0 Å². The molecule has 1 aliphatic rings. The Morgan fingerprint density at radius 2 is 1.83 bits per heavy atom. The second-order valence-electron chi connectivity index (χ2n) is 7.17. The van der Waals surface area contributed by atoms with Gasteiger partial charge in [0.25, 0.3) is 5.91 Å². The zero-order valence-electron chi connectivity index (χ0n) is 15.9. The first-order valence-corrected chi connectivity index (χ1v) is 10.8. The van der Waals surface area contributed by atoms with E-state index in [4.69, 9.17) is 0 Å². The minimum atomic E-state index is -3.60. The summed E-state index contributed by atoms with van der Waals surface area (Å²) < 4.78 is 26.9. The molecule has 3 aromatic rings. The smallest absolute Gasteiger partial charge is 0.255 e. The van der Waals surface area contributed by atoms with Crippen molar-refractivity contribution >= 4 is 32.5 Å². The Hall–Kier alpha value is -2.97. The third-order valence-electron chi connectivity index (χ3n) is 5.02. The van der Waals surface area contributed by atoms with Crippen molar-refractivity contribution in [3.05, 3.63) is 70.0 Å². The number of fused-ring (bicyclic) bond motifs is 1. The van der Waals surface area contributed by atoms with Crippen LogP contribution in [-0.2, 0) is 10.0 Å². The molecule has 1 amide bonds. The predicted molar refractivity (Wildman–Crippen MR) is 112 cm³/mol. The molecule has 0 saturated carbocycles. The zero-order chi connectivity index (χ0) is 20.6. The highest BCUT2D eigenvalue weighted by Gasteiger charge is 2.27. The van der Waals surface area contributed by atoms with Gasteiger partial charge in [0, 0.05) is 47.0 Å². The van der Waals surface area contributed by atoms with Crippen LogP contribution in [0, 0.1) is 6.92 Å². The van der Waals surface area contributed by atoms with Crippen molar-refractivity contribution in [1.82, 2.24) is 9.29 Å². The van der Waals surface area contributed by atoms with Gasteiger partial charge < -0.3 is 10.3 Å². The van der Waals surface area contributed by atoms with E-state index in [-0.39, 0.29) is 15.9 Å². The van der Waals surface area contributed by atoms with Gasteiger partial charge in [0.1, 0.15) is 0 Å². The number of carbonyl (C=O) groups excluding carboxylic acids is 1. The lowest BCUT2D eigenvalue weighted by Gasteiger charge is -2.16. The van der Waals surface area contributed by atoms with Crippen LogP contribution in [0.2, 0.25) is 0 Å². The molecular formula is C21H21N3O4S. The number of pyridine rings is 1. The lowest BCUT2D eigenvalue weighted by Crippen LogP contribution is -2.28. The molecule has 0 spiro atoms. The van der Waals surface area contributed by atoms with E-state index < -0.39 is 15.9 Å². The summed E-state index contributed by atoms with van der Waals surface area (Å²) in [6.45, 7) is 2.81. The Morgan fingerprint density at radius 1 is 1.07 bits per heavy atom. The van der Waals surface area contributed by atoms with Crippen LogP contribution in [0.3, 0.4) is 0 Å². The number of aromatic amines is 1. The van der Waals surface area contributed by atoms with Crippen LogP contribution in [0.5, 0.6) is 0 Å². The summed E-state index contributed by atoms with van der Waals surface area (Å²) in [6.07, 6.45) is 1.69. The molecule has 4 rings (SSSR count). The molecular weight excluding hydrogens is 390 g/mol. The van der Waals surface area contributed by atoms with Crippen LogP contribution in [-0.4, -0.2) is 36.7 Å². The van der Waals surface area contributed by atoms with Gasteiger partial charge in [0.15, 0.2) is 5.43 Å². The molecule has 1 aromatic heterocycles. The number of aryl methyl sites for hydroxylation is 1. The Labute approximate surface area is 168 Å². The predicted octanol–water partition coefficient (Wildman–Crippen LogP) is 2.87. The van der Waals surface area contributed by atoms with E-state index >= 15 is 0 Å². The highest BCUT2D eigenvalue weighted by molar-refractivity contribution is 7.89.